The van der Waals surface area contributed by atoms with Gasteiger partial charge in [-0.2, -0.15) is 17.7 Å². The van der Waals surface area contributed by atoms with E-state index < -0.39 is 0 Å². The Kier molecular flexibility index (Phi) is 2.44. The third-order valence-electron chi connectivity index (χ3n) is 1.57. The van der Waals surface area contributed by atoms with Crippen LogP contribution in [0.2, 0.25) is 0 Å². The topological polar surface area (TPSA) is 43.8 Å². The van der Waals surface area contributed by atoms with Crippen LogP contribution in [0.1, 0.15) is 25.6 Å². The number of nitrogens with two attached hydrogens (primary N) is 1. The number of nitrogens with zero attached hydrogens (tertiary/aromatic N) is 2. The van der Waals surface area contributed by atoms with Crippen molar-refractivity contribution in [1.82, 2.24) is 9.78 Å². The molecular formula is C7H13N3S. The predicted molar refractivity (Wildman–Crippen MR) is 49.7 cm³/mol. The molecule has 2 N–H and O–H groups in total. The number of nitrogen functional groups attached to an aromatic ring is 1. The summed E-state index contributed by atoms with van der Waals surface area (Å²) in [6.45, 7) is 4.14. The second kappa shape index (κ2) is 3.17. The fourth-order valence-electron chi connectivity index (χ4n) is 1.01. The fraction of sp³-hybridized carbons (Fsp3) is 0.571. The molecular weight excluding hydrogens is 158 g/mol. The van der Waals surface area contributed by atoms with Gasteiger partial charge in [0.15, 0.2) is 0 Å². The molecule has 0 bridgehead atoms. The summed E-state index contributed by atoms with van der Waals surface area (Å²) in [5.41, 5.74) is 7.39. The molecule has 0 aromatic carbocycles. The van der Waals surface area contributed by atoms with Gasteiger partial charge in [-0.05, 0) is 13.8 Å². The van der Waals surface area contributed by atoms with Crippen molar-refractivity contribution >= 4 is 18.3 Å². The average molecular weight is 171 g/mol. The van der Waals surface area contributed by atoms with Gasteiger partial charge in [-0.15, -0.1) is 0 Å². The third-order valence-corrected chi connectivity index (χ3v) is 1.87. The van der Waals surface area contributed by atoms with Crippen molar-refractivity contribution in [2.75, 3.05) is 5.73 Å². The lowest BCUT2D eigenvalue weighted by atomic mass is 10.3. The molecule has 0 spiro atoms. The van der Waals surface area contributed by atoms with Crippen LogP contribution >= 0.6 is 12.6 Å². The Morgan fingerprint density at radius 3 is 2.73 bits per heavy atom. The van der Waals surface area contributed by atoms with Crippen LogP contribution in [0.5, 0.6) is 0 Å². The van der Waals surface area contributed by atoms with E-state index >= 15 is 0 Å². The van der Waals surface area contributed by atoms with E-state index in [9.17, 15) is 0 Å². The maximum absolute atomic E-state index is 5.66. The molecule has 0 saturated carbocycles. The quantitative estimate of drug-likeness (QED) is 0.662. The SMILES string of the molecule is CC(C)n1ncc(N)c1CS. The lowest BCUT2D eigenvalue weighted by molar-refractivity contribution is 0.518. The third kappa shape index (κ3) is 1.50. The van der Waals surface area contributed by atoms with Gasteiger partial charge in [0.1, 0.15) is 0 Å². The normalized spacial score (nSPS) is 10.9. The van der Waals surface area contributed by atoms with Crippen molar-refractivity contribution in [3.05, 3.63) is 11.9 Å². The zero-order valence-corrected chi connectivity index (χ0v) is 7.68. The van der Waals surface area contributed by atoms with E-state index in [0.29, 0.717) is 11.8 Å². The average Bonchev–Trinajstić information content (AvgIpc) is 2.30. The number of anilines is 1. The van der Waals surface area contributed by atoms with E-state index in [1.54, 1.807) is 6.20 Å². The van der Waals surface area contributed by atoms with E-state index in [1.165, 1.54) is 0 Å². The number of aromatic nitrogens is 2. The first-order valence-corrected chi connectivity index (χ1v) is 4.22. The van der Waals surface area contributed by atoms with Gasteiger partial charge in [-0.3, -0.25) is 4.68 Å². The maximum Gasteiger partial charge on any atom is 0.0741 e. The minimum Gasteiger partial charge on any atom is -0.396 e. The van der Waals surface area contributed by atoms with Crippen LogP contribution in [0.15, 0.2) is 6.20 Å². The molecule has 4 heteroatoms. The first-order valence-electron chi connectivity index (χ1n) is 3.59. The minimum atomic E-state index is 0.356. The molecule has 1 aromatic rings. The number of rotatable bonds is 2. The van der Waals surface area contributed by atoms with Crippen molar-refractivity contribution < 1.29 is 0 Å². The Balaban J connectivity index is 3.05. The largest absolute Gasteiger partial charge is 0.396 e. The van der Waals surface area contributed by atoms with E-state index in [0.717, 1.165) is 11.4 Å². The second-order valence-electron chi connectivity index (χ2n) is 2.74. The molecule has 0 aliphatic heterocycles. The van der Waals surface area contributed by atoms with Gasteiger partial charge in [0.25, 0.3) is 0 Å². The van der Waals surface area contributed by atoms with Gasteiger partial charge >= 0.3 is 0 Å². The Morgan fingerprint density at radius 2 is 2.36 bits per heavy atom. The van der Waals surface area contributed by atoms with Crippen LogP contribution < -0.4 is 5.73 Å². The number of hydrogen-bond acceptors (Lipinski definition) is 3. The van der Waals surface area contributed by atoms with E-state index in [4.69, 9.17) is 5.73 Å². The van der Waals surface area contributed by atoms with Crippen molar-refractivity contribution in [1.29, 1.82) is 0 Å². The molecule has 0 aliphatic rings. The summed E-state index contributed by atoms with van der Waals surface area (Å²) in [6, 6.07) is 0.356. The summed E-state index contributed by atoms with van der Waals surface area (Å²) in [5, 5.41) is 4.13. The molecule has 0 unspecified atom stereocenters. The number of thiol groups is 1. The van der Waals surface area contributed by atoms with Gasteiger partial charge in [-0.1, -0.05) is 0 Å². The zero-order chi connectivity index (χ0) is 8.43. The first-order chi connectivity index (χ1) is 5.16. The van der Waals surface area contributed by atoms with Crippen molar-refractivity contribution in [3.8, 4) is 0 Å². The molecule has 0 amide bonds. The Bertz CT molecular complexity index is 242. The van der Waals surface area contributed by atoms with Crippen molar-refractivity contribution in [2.24, 2.45) is 0 Å². The lowest BCUT2D eigenvalue weighted by Crippen LogP contribution is -2.06. The Hall–Kier alpha value is -0.640. The molecule has 62 valence electrons. The monoisotopic (exact) mass is 171 g/mol. The van der Waals surface area contributed by atoms with Crippen molar-refractivity contribution in [2.45, 2.75) is 25.6 Å². The highest BCUT2D eigenvalue weighted by Gasteiger charge is 2.07. The summed E-state index contributed by atoms with van der Waals surface area (Å²) < 4.78 is 1.89. The molecule has 1 aromatic heterocycles. The molecule has 0 aliphatic carbocycles. The molecule has 0 atom stereocenters. The summed E-state index contributed by atoms with van der Waals surface area (Å²) in [7, 11) is 0. The summed E-state index contributed by atoms with van der Waals surface area (Å²) in [4.78, 5) is 0. The molecule has 3 nitrogen and oxygen atoms in total. The van der Waals surface area contributed by atoms with E-state index in [2.05, 4.69) is 31.6 Å². The highest BCUT2D eigenvalue weighted by Crippen LogP contribution is 2.16. The van der Waals surface area contributed by atoms with Crippen LogP contribution in [-0.2, 0) is 5.75 Å². The summed E-state index contributed by atoms with van der Waals surface area (Å²) >= 11 is 4.17. The van der Waals surface area contributed by atoms with Gasteiger partial charge in [0.05, 0.1) is 17.6 Å². The first kappa shape index (κ1) is 8.46. The smallest absolute Gasteiger partial charge is 0.0741 e. The molecule has 1 heterocycles. The maximum atomic E-state index is 5.66. The Morgan fingerprint density at radius 1 is 1.73 bits per heavy atom. The molecule has 11 heavy (non-hydrogen) atoms. The standard InChI is InChI=1S/C7H13N3S/c1-5(2)10-7(4-11)6(8)3-9-10/h3,5,11H,4,8H2,1-2H3. The predicted octanol–water partition coefficient (Wildman–Crippen LogP) is 1.48. The zero-order valence-electron chi connectivity index (χ0n) is 6.78. The highest BCUT2D eigenvalue weighted by atomic mass is 32.1. The fourth-order valence-corrected chi connectivity index (χ4v) is 1.34. The van der Waals surface area contributed by atoms with E-state index in [1.807, 2.05) is 4.68 Å². The van der Waals surface area contributed by atoms with Gasteiger partial charge in [-0.25, -0.2) is 0 Å². The van der Waals surface area contributed by atoms with Crippen LogP contribution in [0, 0.1) is 0 Å². The highest BCUT2D eigenvalue weighted by molar-refractivity contribution is 7.79. The molecule has 0 radical (unpaired) electrons. The van der Waals surface area contributed by atoms with Crippen LogP contribution in [0.25, 0.3) is 0 Å². The van der Waals surface area contributed by atoms with Crippen LogP contribution in [-0.4, -0.2) is 9.78 Å². The summed E-state index contributed by atoms with van der Waals surface area (Å²) in [5.74, 6) is 0.643. The van der Waals surface area contributed by atoms with Gasteiger partial charge in [0, 0.05) is 11.8 Å². The van der Waals surface area contributed by atoms with Gasteiger partial charge in [0.2, 0.25) is 0 Å². The molecule has 0 saturated heterocycles. The molecule has 0 fully saturated rings. The van der Waals surface area contributed by atoms with Crippen molar-refractivity contribution in [3.63, 3.8) is 0 Å². The van der Waals surface area contributed by atoms with Crippen LogP contribution in [0.3, 0.4) is 0 Å². The molecule has 1 rings (SSSR count). The Labute approximate surface area is 72.0 Å². The minimum absolute atomic E-state index is 0.356. The van der Waals surface area contributed by atoms with E-state index in [-0.39, 0.29) is 0 Å². The summed E-state index contributed by atoms with van der Waals surface area (Å²) in [6.07, 6.45) is 1.67. The lowest BCUT2D eigenvalue weighted by Gasteiger charge is -2.08. The van der Waals surface area contributed by atoms with Crippen LogP contribution in [0.4, 0.5) is 5.69 Å². The second-order valence-corrected chi connectivity index (χ2v) is 3.06. The number of hydrogen-bond donors (Lipinski definition) is 2. The van der Waals surface area contributed by atoms with Gasteiger partial charge < -0.3 is 5.73 Å².